The van der Waals surface area contributed by atoms with Gasteiger partial charge in [0.2, 0.25) is 0 Å². The van der Waals surface area contributed by atoms with Crippen LogP contribution in [-0.2, 0) is 0 Å². The number of hydrogen-bond donors (Lipinski definition) is 0. The predicted molar refractivity (Wildman–Crippen MR) is 274 cm³/mol. The molecule has 65 heavy (non-hydrogen) atoms. The molecule has 0 aliphatic carbocycles. The van der Waals surface area contributed by atoms with Crippen LogP contribution in [0.3, 0.4) is 0 Å². The van der Waals surface area contributed by atoms with E-state index < -0.39 is 0 Å². The number of anilines is 3. The Bertz CT molecular complexity index is 3930. The van der Waals surface area contributed by atoms with Crippen molar-refractivity contribution in [3.8, 4) is 39.1 Å². The van der Waals surface area contributed by atoms with E-state index in [-0.39, 0.29) is 0 Å². The maximum absolute atomic E-state index is 6.60. The molecular formula is C62H40N2O. The lowest BCUT2D eigenvalue weighted by atomic mass is 9.98. The average molecular weight is 829 g/mol. The van der Waals surface area contributed by atoms with Crippen molar-refractivity contribution in [1.29, 1.82) is 0 Å². The maximum Gasteiger partial charge on any atom is 0.143 e. The van der Waals surface area contributed by atoms with Crippen molar-refractivity contribution < 1.29 is 4.42 Å². The molecule has 304 valence electrons. The molecule has 3 nitrogen and oxygen atoms in total. The van der Waals surface area contributed by atoms with Gasteiger partial charge in [-0.05, 0) is 134 Å². The predicted octanol–water partition coefficient (Wildman–Crippen LogP) is 17.5. The molecule has 0 atom stereocenters. The van der Waals surface area contributed by atoms with E-state index >= 15 is 0 Å². The zero-order valence-corrected chi connectivity index (χ0v) is 35.4. The minimum Gasteiger partial charge on any atom is -0.455 e. The first-order chi connectivity index (χ1) is 32.2. The van der Waals surface area contributed by atoms with Crippen molar-refractivity contribution >= 4 is 82.4 Å². The summed E-state index contributed by atoms with van der Waals surface area (Å²) >= 11 is 0. The molecule has 0 spiro atoms. The first-order valence-corrected chi connectivity index (χ1v) is 22.2. The minimum atomic E-state index is 0.874. The summed E-state index contributed by atoms with van der Waals surface area (Å²) in [6.45, 7) is 0. The van der Waals surface area contributed by atoms with Gasteiger partial charge in [-0.25, -0.2) is 0 Å². The van der Waals surface area contributed by atoms with Crippen LogP contribution in [0.25, 0.3) is 104 Å². The summed E-state index contributed by atoms with van der Waals surface area (Å²) in [6, 6.07) is 87.8. The molecule has 3 heteroatoms. The topological polar surface area (TPSA) is 21.3 Å². The minimum absolute atomic E-state index is 0.874. The summed E-state index contributed by atoms with van der Waals surface area (Å²) in [5, 5.41) is 9.42. The molecule has 0 aliphatic heterocycles. The van der Waals surface area contributed by atoms with Crippen LogP contribution < -0.4 is 4.90 Å². The fourth-order valence-electron chi connectivity index (χ4n) is 10.0. The second-order valence-electron chi connectivity index (χ2n) is 16.9. The van der Waals surface area contributed by atoms with Crippen LogP contribution in [0.2, 0.25) is 0 Å². The Balaban J connectivity index is 0.974. The van der Waals surface area contributed by atoms with Crippen LogP contribution >= 0.6 is 0 Å². The Morgan fingerprint density at radius 1 is 0.308 bits per heavy atom. The molecule has 0 saturated carbocycles. The smallest absolute Gasteiger partial charge is 0.143 e. The molecule has 0 radical (unpaired) electrons. The van der Waals surface area contributed by atoms with Crippen molar-refractivity contribution in [3.05, 3.63) is 243 Å². The number of nitrogens with zero attached hydrogens (tertiary/aromatic N) is 2. The molecule has 0 amide bonds. The number of benzene rings is 11. The highest BCUT2D eigenvalue weighted by molar-refractivity contribution is 6.16. The summed E-state index contributed by atoms with van der Waals surface area (Å²) in [5.74, 6) is 0. The summed E-state index contributed by atoms with van der Waals surface area (Å²) < 4.78 is 8.99. The standard InChI is InChI=1S/C62H40N2O/c1-3-13-41(14-4-1)46-28-34-59-56(38-46)57-39-47(29-35-60(57)64(59)48-19-5-2-6-20-48)45-18-11-21-50(37-45)63(49-30-25-44(26-31-49)53-24-12-17-42-15-7-9-22-52(42)53)51-32-36-61-58(40-51)55-33-27-43-16-8-10-23-54(43)62(55)65-61/h1-40H. The van der Waals surface area contributed by atoms with Gasteiger partial charge in [-0.3, -0.25) is 0 Å². The van der Waals surface area contributed by atoms with Crippen LogP contribution in [0.4, 0.5) is 17.1 Å². The molecule has 2 aromatic heterocycles. The molecule has 0 fully saturated rings. The van der Waals surface area contributed by atoms with Gasteiger partial charge in [-0.15, -0.1) is 0 Å². The van der Waals surface area contributed by atoms with Gasteiger partial charge in [-0.1, -0.05) is 158 Å². The Hall–Kier alpha value is -8.66. The lowest BCUT2D eigenvalue weighted by Crippen LogP contribution is -2.10. The molecule has 13 aromatic rings. The molecule has 0 saturated heterocycles. The van der Waals surface area contributed by atoms with Crippen LogP contribution in [0.15, 0.2) is 247 Å². The lowest BCUT2D eigenvalue weighted by molar-refractivity contribution is 0.672. The Kier molecular flexibility index (Phi) is 8.53. The van der Waals surface area contributed by atoms with Gasteiger partial charge in [0.15, 0.2) is 0 Å². The van der Waals surface area contributed by atoms with Crippen LogP contribution in [0.5, 0.6) is 0 Å². The van der Waals surface area contributed by atoms with Gasteiger partial charge in [0.05, 0.1) is 11.0 Å². The van der Waals surface area contributed by atoms with E-state index in [2.05, 4.69) is 252 Å². The van der Waals surface area contributed by atoms with Crippen LogP contribution in [0.1, 0.15) is 0 Å². The zero-order chi connectivity index (χ0) is 42.8. The Labute approximate surface area is 376 Å². The van der Waals surface area contributed by atoms with Gasteiger partial charge in [0.25, 0.3) is 0 Å². The third kappa shape index (κ3) is 6.20. The highest BCUT2D eigenvalue weighted by Crippen LogP contribution is 2.43. The van der Waals surface area contributed by atoms with Crippen molar-refractivity contribution in [1.82, 2.24) is 4.57 Å². The van der Waals surface area contributed by atoms with E-state index in [4.69, 9.17) is 4.42 Å². The second kappa shape index (κ2) is 15.0. The summed E-state index contributed by atoms with van der Waals surface area (Å²) in [5.41, 5.74) is 15.6. The molecule has 0 aliphatic rings. The van der Waals surface area contributed by atoms with E-state index in [1.54, 1.807) is 0 Å². The number of aromatic nitrogens is 1. The van der Waals surface area contributed by atoms with Gasteiger partial charge >= 0.3 is 0 Å². The highest BCUT2D eigenvalue weighted by Gasteiger charge is 2.19. The molecule has 0 bridgehead atoms. The fourth-order valence-corrected chi connectivity index (χ4v) is 10.0. The van der Waals surface area contributed by atoms with Gasteiger partial charge < -0.3 is 13.9 Å². The van der Waals surface area contributed by atoms with E-state index in [9.17, 15) is 0 Å². The van der Waals surface area contributed by atoms with E-state index in [0.29, 0.717) is 0 Å². The van der Waals surface area contributed by atoms with Gasteiger partial charge in [-0.2, -0.15) is 0 Å². The number of fused-ring (bicyclic) bond motifs is 9. The first kappa shape index (κ1) is 36.9. The van der Waals surface area contributed by atoms with Crippen molar-refractivity contribution in [2.75, 3.05) is 4.90 Å². The molecule has 13 rings (SSSR count). The third-order valence-corrected chi connectivity index (χ3v) is 13.2. The number of furan rings is 1. The largest absolute Gasteiger partial charge is 0.455 e. The monoisotopic (exact) mass is 828 g/mol. The fraction of sp³-hybridized carbons (Fsp3) is 0. The summed E-state index contributed by atoms with van der Waals surface area (Å²) in [7, 11) is 0. The third-order valence-electron chi connectivity index (χ3n) is 13.2. The lowest BCUT2D eigenvalue weighted by Gasteiger charge is -2.26. The van der Waals surface area contributed by atoms with E-state index in [1.807, 2.05) is 0 Å². The van der Waals surface area contributed by atoms with Crippen molar-refractivity contribution in [2.24, 2.45) is 0 Å². The number of para-hydroxylation sites is 1. The number of hydrogen-bond acceptors (Lipinski definition) is 2. The Morgan fingerprint density at radius 2 is 0.877 bits per heavy atom. The SMILES string of the molecule is c1ccc(-c2ccc3c(c2)c2cc(-c4cccc(N(c5ccc(-c6cccc7ccccc67)cc5)c5ccc6oc7c8ccccc8ccc7c6c5)c4)ccc2n3-c2ccccc2)cc1. The zero-order valence-electron chi connectivity index (χ0n) is 35.4. The molecule has 0 unspecified atom stereocenters. The summed E-state index contributed by atoms with van der Waals surface area (Å²) in [4.78, 5) is 2.38. The van der Waals surface area contributed by atoms with Crippen molar-refractivity contribution in [3.63, 3.8) is 0 Å². The Morgan fingerprint density at radius 3 is 1.65 bits per heavy atom. The normalized spacial score (nSPS) is 11.7. The van der Waals surface area contributed by atoms with Crippen LogP contribution in [-0.4, -0.2) is 4.57 Å². The van der Waals surface area contributed by atoms with Gasteiger partial charge in [0, 0.05) is 49.7 Å². The van der Waals surface area contributed by atoms with Gasteiger partial charge in [0.1, 0.15) is 11.2 Å². The number of rotatable bonds is 7. The molecule has 2 heterocycles. The van der Waals surface area contributed by atoms with E-state index in [1.165, 1.54) is 60.2 Å². The maximum atomic E-state index is 6.60. The molecular weight excluding hydrogens is 789 g/mol. The quantitative estimate of drug-likeness (QED) is 0.160. The molecule has 0 N–H and O–H groups in total. The summed E-state index contributed by atoms with van der Waals surface area (Å²) in [6.07, 6.45) is 0. The van der Waals surface area contributed by atoms with E-state index in [0.717, 1.165) is 61.2 Å². The highest BCUT2D eigenvalue weighted by atomic mass is 16.3. The molecule has 11 aromatic carbocycles. The average Bonchev–Trinajstić information content (AvgIpc) is 3.92. The van der Waals surface area contributed by atoms with Crippen LogP contribution in [0, 0.1) is 0 Å². The van der Waals surface area contributed by atoms with Crippen molar-refractivity contribution in [2.45, 2.75) is 0 Å². The second-order valence-corrected chi connectivity index (χ2v) is 16.9. The first-order valence-electron chi connectivity index (χ1n) is 22.2.